The molecule has 0 spiro atoms. The Morgan fingerprint density at radius 1 is 1.53 bits per heavy atom. The first-order valence-electron chi connectivity index (χ1n) is 4.63. The van der Waals surface area contributed by atoms with Gasteiger partial charge < -0.3 is 5.11 Å². The molecule has 0 saturated carbocycles. The highest BCUT2D eigenvalue weighted by molar-refractivity contribution is 7.89. The van der Waals surface area contributed by atoms with E-state index >= 15 is 0 Å². The Bertz CT molecular complexity index is 409. The molecule has 4 nitrogen and oxygen atoms in total. The molecule has 15 heavy (non-hydrogen) atoms. The first kappa shape index (κ1) is 12.6. The van der Waals surface area contributed by atoms with Gasteiger partial charge in [0.1, 0.15) is 0 Å². The Balaban J connectivity index is 2.77. The van der Waals surface area contributed by atoms with E-state index in [1.54, 1.807) is 0 Å². The summed E-state index contributed by atoms with van der Waals surface area (Å²) in [5.41, 5.74) is 0. The van der Waals surface area contributed by atoms with Crippen molar-refractivity contribution in [3.8, 4) is 0 Å². The maximum atomic E-state index is 11.7. The number of aliphatic hydroxyl groups excluding tert-OH is 1. The zero-order valence-corrected chi connectivity index (χ0v) is 10.4. The second-order valence-electron chi connectivity index (χ2n) is 3.65. The van der Waals surface area contributed by atoms with Crippen molar-refractivity contribution in [2.45, 2.75) is 25.3 Å². The zero-order chi connectivity index (χ0) is 11.5. The van der Waals surface area contributed by atoms with Crippen LogP contribution in [0.1, 0.15) is 18.7 Å². The lowest BCUT2D eigenvalue weighted by molar-refractivity contribution is 0.285. The molecule has 1 heterocycles. The van der Waals surface area contributed by atoms with Gasteiger partial charge in [0.15, 0.2) is 0 Å². The number of aliphatic hydroxyl groups is 1. The smallest absolute Gasteiger partial charge is 0.241 e. The van der Waals surface area contributed by atoms with Gasteiger partial charge >= 0.3 is 0 Å². The summed E-state index contributed by atoms with van der Waals surface area (Å²) in [5.74, 6) is 0.274. The number of hydrogen-bond acceptors (Lipinski definition) is 4. The van der Waals surface area contributed by atoms with Gasteiger partial charge in [-0.15, -0.1) is 11.3 Å². The SMILES string of the molecule is CC(C)CNS(=O)(=O)c1csc(CO)c1. The molecule has 0 radical (unpaired) electrons. The molecule has 0 amide bonds. The fraction of sp³-hybridized carbons (Fsp3) is 0.556. The van der Waals surface area contributed by atoms with Crippen LogP contribution in [0.15, 0.2) is 16.3 Å². The van der Waals surface area contributed by atoms with Crippen LogP contribution in [0.4, 0.5) is 0 Å². The Kier molecular flexibility index (Phi) is 4.27. The van der Waals surface area contributed by atoms with E-state index in [0.717, 1.165) is 0 Å². The van der Waals surface area contributed by atoms with Crippen molar-refractivity contribution in [3.05, 3.63) is 16.3 Å². The third-order valence-corrected chi connectivity index (χ3v) is 4.25. The van der Waals surface area contributed by atoms with E-state index in [0.29, 0.717) is 11.4 Å². The van der Waals surface area contributed by atoms with Crippen LogP contribution in [-0.2, 0) is 16.6 Å². The van der Waals surface area contributed by atoms with Crippen molar-refractivity contribution in [3.63, 3.8) is 0 Å². The second-order valence-corrected chi connectivity index (χ2v) is 6.42. The monoisotopic (exact) mass is 249 g/mol. The molecule has 86 valence electrons. The van der Waals surface area contributed by atoms with E-state index in [4.69, 9.17) is 5.11 Å². The summed E-state index contributed by atoms with van der Waals surface area (Å²) < 4.78 is 25.9. The average Bonchev–Trinajstić information content (AvgIpc) is 2.63. The highest BCUT2D eigenvalue weighted by atomic mass is 32.2. The minimum atomic E-state index is -3.40. The van der Waals surface area contributed by atoms with Gasteiger partial charge in [-0.25, -0.2) is 13.1 Å². The van der Waals surface area contributed by atoms with Crippen LogP contribution in [0, 0.1) is 5.92 Å². The van der Waals surface area contributed by atoms with E-state index in [1.165, 1.54) is 22.8 Å². The van der Waals surface area contributed by atoms with Gasteiger partial charge in [0.05, 0.1) is 11.5 Å². The van der Waals surface area contributed by atoms with E-state index in [-0.39, 0.29) is 17.4 Å². The summed E-state index contributed by atoms with van der Waals surface area (Å²) in [7, 11) is -3.40. The maximum absolute atomic E-state index is 11.7. The quantitative estimate of drug-likeness (QED) is 0.823. The average molecular weight is 249 g/mol. The van der Waals surface area contributed by atoms with Crippen LogP contribution in [-0.4, -0.2) is 20.1 Å². The van der Waals surface area contributed by atoms with Crippen LogP contribution in [0.3, 0.4) is 0 Å². The fourth-order valence-corrected chi connectivity index (χ4v) is 3.29. The van der Waals surface area contributed by atoms with E-state index in [9.17, 15) is 8.42 Å². The minimum absolute atomic E-state index is 0.121. The fourth-order valence-electron chi connectivity index (χ4n) is 0.944. The molecule has 1 rings (SSSR count). The molecule has 1 aromatic rings. The van der Waals surface area contributed by atoms with Gasteiger partial charge in [-0.1, -0.05) is 13.8 Å². The Labute approximate surface area is 94.0 Å². The third kappa shape index (κ3) is 3.57. The molecule has 1 aromatic heterocycles. The second kappa shape index (κ2) is 5.07. The zero-order valence-electron chi connectivity index (χ0n) is 8.73. The number of sulfonamides is 1. The first-order valence-corrected chi connectivity index (χ1v) is 7.00. The standard InChI is InChI=1S/C9H15NO3S2/c1-7(2)4-10-15(12,13)9-3-8(5-11)14-6-9/h3,6-7,10-11H,4-5H2,1-2H3. The normalized spacial score (nSPS) is 12.3. The molecule has 0 aliphatic carbocycles. The molecule has 6 heteroatoms. The molecule has 0 aliphatic rings. The summed E-state index contributed by atoms with van der Waals surface area (Å²) in [6.45, 7) is 4.18. The molecule has 0 aromatic carbocycles. The molecular formula is C9H15NO3S2. The number of nitrogens with one attached hydrogen (secondary N) is 1. The van der Waals surface area contributed by atoms with Crippen molar-refractivity contribution in [2.75, 3.05) is 6.54 Å². The summed E-state index contributed by atoms with van der Waals surface area (Å²) >= 11 is 1.24. The van der Waals surface area contributed by atoms with E-state index in [1.807, 2.05) is 13.8 Å². The predicted octanol–water partition coefficient (Wildman–Crippen LogP) is 1.17. The Morgan fingerprint density at radius 2 is 2.20 bits per heavy atom. The van der Waals surface area contributed by atoms with Crippen molar-refractivity contribution in [1.82, 2.24) is 4.72 Å². The highest BCUT2D eigenvalue weighted by Gasteiger charge is 2.15. The van der Waals surface area contributed by atoms with Crippen molar-refractivity contribution in [2.24, 2.45) is 5.92 Å². The van der Waals surface area contributed by atoms with E-state index < -0.39 is 10.0 Å². The molecule has 0 unspecified atom stereocenters. The minimum Gasteiger partial charge on any atom is -0.391 e. The molecule has 2 N–H and O–H groups in total. The Hall–Kier alpha value is -0.430. The van der Waals surface area contributed by atoms with Crippen LogP contribution >= 0.6 is 11.3 Å². The molecule has 0 aliphatic heterocycles. The third-order valence-electron chi connectivity index (χ3n) is 1.78. The van der Waals surface area contributed by atoms with Gasteiger partial charge in [-0.05, 0) is 12.0 Å². The first-order chi connectivity index (χ1) is 6.95. The molecular weight excluding hydrogens is 234 g/mol. The molecule has 0 fully saturated rings. The van der Waals surface area contributed by atoms with Crippen LogP contribution in [0.2, 0.25) is 0 Å². The van der Waals surface area contributed by atoms with E-state index in [2.05, 4.69) is 4.72 Å². The molecule has 0 atom stereocenters. The summed E-state index contributed by atoms with van der Waals surface area (Å²) in [4.78, 5) is 0.886. The predicted molar refractivity (Wildman–Crippen MR) is 60.3 cm³/mol. The number of rotatable bonds is 5. The summed E-state index contributed by atoms with van der Waals surface area (Å²) in [6.07, 6.45) is 0. The van der Waals surface area contributed by atoms with Crippen molar-refractivity contribution < 1.29 is 13.5 Å². The number of thiophene rings is 1. The van der Waals surface area contributed by atoms with Crippen LogP contribution in [0.5, 0.6) is 0 Å². The molecule has 0 saturated heterocycles. The largest absolute Gasteiger partial charge is 0.391 e. The van der Waals surface area contributed by atoms with Crippen molar-refractivity contribution in [1.29, 1.82) is 0 Å². The summed E-state index contributed by atoms with van der Waals surface area (Å²) in [5, 5.41) is 10.4. The van der Waals surface area contributed by atoms with Crippen LogP contribution in [0.25, 0.3) is 0 Å². The summed E-state index contributed by atoms with van der Waals surface area (Å²) in [6, 6.07) is 1.49. The lowest BCUT2D eigenvalue weighted by Crippen LogP contribution is -2.27. The Morgan fingerprint density at radius 3 is 2.67 bits per heavy atom. The number of hydrogen-bond donors (Lipinski definition) is 2. The van der Waals surface area contributed by atoms with Crippen molar-refractivity contribution >= 4 is 21.4 Å². The lowest BCUT2D eigenvalue weighted by Gasteiger charge is -2.06. The van der Waals surface area contributed by atoms with Gasteiger partial charge in [-0.2, -0.15) is 0 Å². The lowest BCUT2D eigenvalue weighted by atomic mass is 10.2. The molecule has 0 bridgehead atoms. The van der Waals surface area contributed by atoms with Gasteiger partial charge in [-0.3, -0.25) is 0 Å². The van der Waals surface area contributed by atoms with Gasteiger partial charge in [0.25, 0.3) is 0 Å². The van der Waals surface area contributed by atoms with Gasteiger partial charge in [0.2, 0.25) is 10.0 Å². The van der Waals surface area contributed by atoms with Crippen LogP contribution < -0.4 is 4.72 Å². The maximum Gasteiger partial charge on any atom is 0.241 e. The topological polar surface area (TPSA) is 66.4 Å². The van der Waals surface area contributed by atoms with Gasteiger partial charge in [0, 0.05) is 16.8 Å². The highest BCUT2D eigenvalue weighted by Crippen LogP contribution is 2.18.